The normalized spacial score (nSPS) is 11.0. The van der Waals surface area contributed by atoms with Gasteiger partial charge in [0, 0.05) is 30.0 Å². The van der Waals surface area contributed by atoms with Crippen LogP contribution in [0.3, 0.4) is 0 Å². The minimum atomic E-state index is 0.607. The van der Waals surface area contributed by atoms with Crippen LogP contribution < -0.4 is 5.32 Å². The third-order valence-corrected chi connectivity index (χ3v) is 3.83. The molecule has 0 radical (unpaired) electrons. The minimum absolute atomic E-state index is 0.607. The van der Waals surface area contributed by atoms with Gasteiger partial charge in [-0.1, -0.05) is 29.3 Å². The van der Waals surface area contributed by atoms with E-state index in [0.29, 0.717) is 10.0 Å². The lowest BCUT2D eigenvalue weighted by molar-refractivity contribution is 0.552. The summed E-state index contributed by atoms with van der Waals surface area (Å²) < 4.78 is 0. The smallest absolute Gasteiger partial charge is 0.0910 e. The van der Waals surface area contributed by atoms with E-state index in [4.69, 9.17) is 23.2 Å². The van der Waals surface area contributed by atoms with Crippen molar-refractivity contribution < 1.29 is 0 Å². The van der Waals surface area contributed by atoms with Crippen LogP contribution in [-0.2, 0) is 0 Å². The Bertz CT molecular complexity index is 684. The average Bonchev–Trinajstić information content (AvgIpc) is 2.49. The summed E-state index contributed by atoms with van der Waals surface area (Å²) in [5, 5.41) is 4.63. The van der Waals surface area contributed by atoms with Gasteiger partial charge >= 0.3 is 0 Å². The number of halogens is 2. The zero-order chi connectivity index (χ0) is 16.1. The van der Waals surface area contributed by atoms with Gasteiger partial charge in [-0.25, -0.2) is 4.99 Å². The molecule has 0 saturated heterocycles. The lowest BCUT2D eigenvalue weighted by Gasteiger charge is -2.13. The summed E-state index contributed by atoms with van der Waals surface area (Å²) in [5.74, 6) is 0. The Kier molecular flexibility index (Phi) is 5.69. The highest BCUT2D eigenvalue weighted by Gasteiger charge is 2.06. The number of aliphatic imine (C=N–C) groups is 1. The van der Waals surface area contributed by atoms with Gasteiger partial charge in [0.25, 0.3) is 0 Å². The van der Waals surface area contributed by atoms with Crippen LogP contribution in [0.4, 0.5) is 17.1 Å². The molecule has 3 nitrogen and oxygen atoms in total. The van der Waals surface area contributed by atoms with Gasteiger partial charge in [0.1, 0.15) is 0 Å². The van der Waals surface area contributed by atoms with Gasteiger partial charge in [-0.05, 0) is 49.7 Å². The van der Waals surface area contributed by atoms with Crippen molar-refractivity contribution in [1.82, 2.24) is 4.90 Å². The molecule has 2 aromatic carbocycles. The largest absolute Gasteiger partial charge is 0.366 e. The van der Waals surface area contributed by atoms with Crippen LogP contribution in [-0.4, -0.2) is 24.8 Å². The van der Waals surface area contributed by atoms with Crippen molar-refractivity contribution in [2.75, 3.05) is 18.9 Å². The number of aryl methyl sites for hydroxylation is 1. The summed E-state index contributed by atoms with van der Waals surface area (Å²) in [7, 11) is 1.97. The van der Waals surface area contributed by atoms with Crippen molar-refractivity contribution in [3.63, 3.8) is 0 Å². The fourth-order valence-electron chi connectivity index (χ4n) is 1.86. The Morgan fingerprint density at radius 3 is 2.68 bits per heavy atom. The molecule has 116 valence electrons. The van der Waals surface area contributed by atoms with Crippen molar-refractivity contribution in [2.45, 2.75) is 13.8 Å². The highest BCUT2D eigenvalue weighted by Crippen LogP contribution is 2.32. The quantitative estimate of drug-likeness (QED) is 0.564. The zero-order valence-corrected chi connectivity index (χ0v) is 14.4. The fourth-order valence-corrected chi connectivity index (χ4v) is 2.27. The molecule has 22 heavy (non-hydrogen) atoms. The van der Waals surface area contributed by atoms with E-state index < -0.39 is 0 Å². The lowest BCUT2D eigenvalue weighted by atomic mass is 10.1. The van der Waals surface area contributed by atoms with Gasteiger partial charge in [0.15, 0.2) is 0 Å². The predicted octanol–water partition coefficient (Wildman–Crippen LogP) is 5.66. The molecule has 0 fully saturated rings. The second-order valence-electron chi connectivity index (χ2n) is 5.07. The molecule has 5 heteroatoms. The van der Waals surface area contributed by atoms with Gasteiger partial charge in [0.2, 0.25) is 0 Å². The van der Waals surface area contributed by atoms with Crippen LogP contribution in [0, 0.1) is 6.92 Å². The summed E-state index contributed by atoms with van der Waals surface area (Å²) in [4.78, 5) is 6.41. The van der Waals surface area contributed by atoms with E-state index >= 15 is 0 Å². The van der Waals surface area contributed by atoms with Crippen molar-refractivity contribution in [2.24, 2.45) is 4.99 Å². The van der Waals surface area contributed by atoms with Gasteiger partial charge in [-0.2, -0.15) is 0 Å². The topological polar surface area (TPSA) is 27.6 Å². The number of hydrogen-bond acceptors (Lipinski definition) is 2. The molecule has 0 bridgehead atoms. The number of hydrogen-bond donors (Lipinski definition) is 1. The first-order chi connectivity index (χ1) is 10.5. The van der Waals surface area contributed by atoms with Crippen LogP contribution >= 0.6 is 23.2 Å². The summed E-state index contributed by atoms with van der Waals surface area (Å²) in [6, 6.07) is 11.4. The Morgan fingerprint density at radius 2 is 2.00 bits per heavy atom. The summed E-state index contributed by atoms with van der Waals surface area (Å²) in [6.45, 7) is 4.98. The Labute approximate surface area is 141 Å². The van der Waals surface area contributed by atoms with E-state index in [2.05, 4.69) is 17.2 Å². The van der Waals surface area contributed by atoms with E-state index in [-0.39, 0.29) is 0 Å². The number of rotatable bonds is 5. The zero-order valence-electron chi connectivity index (χ0n) is 12.9. The van der Waals surface area contributed by atoms with Gasteiger partial charge in [0.05, 0.1) is 17.0 Å². The van der Waals surface area contributed by atoms with Gasteiger partial charge in [-0.3, -0.25) is 0 Å². The summed E-state index contributed by atoms with van der Waals surface area (Å²) in [6.07, 6.45) is 1.78. The van der Waals surface area contributed by atoms with Crippen molar-refractivity contribution in [3.8, 4) is 0 Å². The first-order valence-corrected chi connectivity index (χ1v) is 7.82. The maximum atomic E-state index is 6.33. The van der Waals surface area contributed by atoms with Crippen LogP contribution in [0.1, 0.15) is 12.5 Å². The van der Waals surface area contributed by atoms with Crippen LogP contribution in [0.15, 0.2) is 41.4 Å². The molecule has 2 aromatic rings. The van der Waals surface area contributed by atoms with Crippen LogP contribution in [0.5, 0.6) is 0 Å². The second-order valence-corrected chi connectivity index (χ2v) is 5.92. The molecule has 0 spiro atoms. The highest BCUT2D eigenvalue weighted by molar-refractivity contribution is 6.33. The van der Waals surface area contributed by atoms with E-state index in [9.17, 15) is 0 Å². The molecule has 0 aromatic heterocycles. The van der Waals surface area contributed by atoms with Crippen molar-refractivity contribution in [1.29, 1.82) is 0 Å². The van der Waals surface area contributed by atoms with E-state index in [1.54, 1.807) is 6.34 Å². The number of benzene rings is 2. The molecule has 0 saturated carbocycles. The fraction of sp³-hybridized carbons (Fsp3) is 0.235. The van der Waals surface area contributed by atoms with Crippen LogP contribution in [0.2, 0.25) is 10.0 Å². The molecule has 0 aliphatic carbocycles. The number of nitrogens with zero attached hydrogens (tertiary/aromatic N) is 2. The lowest BCUT2D eigenvalue weighted by Crippen LogP contribution is -2.14. The molecular weight excluding hydrogens is 317 g/mol. The Morgan fingerprint density at radius 1 is 1.23 bits per heavy atom. The van der Waals surface area contributed by atoms with E-state index in [1.165, 1.54) is 0 Å². The average molecular weight is 336 g/mol. The third kappa shape index (κ3) is 4.39. The Balaban J connectivity index is 2.24. The maximum absolute atomic E-state index is 6.33. The first kappa shape index (κ1) is 16.7. The third-order valence-electron chi connectivity index (χ3n) is 3.29. The Hall–Kier alpha value is -1.71. The van der Waals surface area contributed by atoms with Crippen molar-refractivity contribution in [3.05, 3.63) is 52.0 Å². The van der Waals surface area contributed by atoms with Crippen molar-refractivity contribution >= 4 is 46.6 Å². The number of anilines is 2. The SMILES string of the molecule is CCN(C)C=Nc1cc(C)c(Nc2cccc(Cl)c2)cc1Cl. The molecule has 0 heterocycles. The predicted molar refractivity (Wildman–Crippen MR) is 97.4 cm³/mol. The van der Waals surface area contributed by atoms with Gasteiger partial charge < -0.3 is 10.2 Å². The van der Waals surface area contributed by atoms with Crippen LogP contribution in [0.25, 0.3) is 0 Å². The van der Waals surface area contributed by atoms with E-state index in [1.807, 2.05) is 55.3 Å². The summed E-state index contributed by atoms with van der Waals surface area (Å²) >= 11 is 12.3. The van der Waals surface area contributed by atoms with E-state index in [0.717, 1.165) is 29.2 Å². The molecule has 2 rings (SSSR count). The highest BCUT2D eigenvalue weighted by atomic mass is 35.5. The molecule has 0 aliphatic heterocycles. The monoisotopic (exact) mass is 335 g/mol. The molecule has 0 atom stereocenters. The second kappa shape index (κ2) is 7.52. The standard InChI is InChI=1S/C17H19Cl2N3/c1-4-22(3)11-20-17-8-12(2)16(10-15(17)19)21-14-7-5-6-13(18)9-14/h5-11,21H,4H2,1-3H3. The molecule has 0 aliphatic rings. The maximum Gasteiger partial charge on any atom is 0.0910 e. The number of nitrogens with one attached hydrogen (secondary N) is 1. The molecule has 0 amide bonds. The molecular formula is C17H19Cl2N3. The molecule has 0 unspecified atom stereocenters. The summed E-state index contributed by atoms with van der Waals surface area (Å²) in [5.41, 5.74) is 3.69. The minimum Gasteiger partial charge on any atom is -0.366 e. The van der Waals surface area contributed by atoms with Gasteiger partial charge in [-0.15, -0.1) is 0 Å². The molecule has 1 N–H and O–H groups in total. The first-order valence-electron chi connectivity index (χ1n) is 7.06.